The number of aliphatic hydroxyl groups is 1. The fraction of sp³-hybridized carbons (Fsp3) is 0.267. The number of rotatable bonds is 4. The smallest absolute Gasteiger partial charge is 0.351 e. The van der Waals surface area contributed by atoms with E-state index >= 15 is 0 Å². The number of ether oxygens (including phenoxy) is 1. The second-order valence-corrected chi connectivity index (χ2v) is 6.05. The Morgan fingerprint density at radius 3 is 2.83 bits per heavy atom. The van der Waals surface area contributed by atoms with Crippen LogP contribution in [0.15, 0.2) is 47.4 Å². The Kier molecular flexibility index (Phi) is 4.75. The molecular weight excluding hydrogens is 318 g/mol. The molecule has 0 spiro atoms. The third-order valence-corrected chi connectivity index (χ3v) is 4.41. The first kappa shape index (κ1) is 15.7. The summed E-state index contributed by atoms with van der Waals surface area (Å²) in [6.45, 7) is -0.103. The Balaban J connectivity index is 1.72. The number of amides is 1. The molecule has 2 N–H and O–H groups in total. The van der Waals surface area contributed by atoms with Gasteiger partial charge in [-0.3, -0.25) is 9.36 Å². The second-order valence-electron chi connectivity index (χ2n) is 4.86. The Hall–Kier alpha value is -2.16. The summed E-state index contributed by atoms with van der Waals surface area (Å²) in [5.74, 6) is 0.412. The average Bonchev–Trinajstić information content (AvgIpc) is 3.04. The van der Waals surface area contributed by atoms with E-state index < -0.39 is 11.9 Å². The van der Waals surface area contributed by atoms with Gasteiger partial charge in [-0.1, -0.05) is 18.2 Å². The molecule has 2 aromatic rings. The molecule has 23 heavy (non-hydrogen) atoms. The maximum absolute atomic E-state index is 12.1. The maximum Gasteiger partial charge on any atom is 0.351 e. The van der Waals surface area contributed by atoms with E-state index in [1.54, 1.807) is 30.3 Å². The molecule has 1 saturated heterocycles. The highest BCUT2D eigenvalue weighted by Gasteiger charge is 2.27. The normalized spacial score (nSPS) is 20.4. The Morgan fingerprint density at radius 2 is 2.17 bits per heavy atom. The Bertz CT molecular complexity index is 750. The number of carbonyl (C=O) groups excluding carboxylic acids is 1. The molecule has 1 aromatic carbocycles. The molecule has 1 amide bonds. The van der Waals surface area contributed by atoms with Crippen molar-refractivity contribution in [1.82, 2.24) is 9.55 Å². The zero-order valence-electron chi connectivity index (χ0n) is 12.1. The summed E-state index contributed by atoms with van der Waals surface area (Å²) in [7, 11) is 0. The number of nitrogens with zero attached hydrogens (tertiary/aromatic N) is 2. The predicted octanol–water partition coefficient (Wildman–Crippen LogP) is 1.08. The van der Waals surface area contributed by atoms with E-state index in [0.29, 0.717) is 11.3 Å². The molecule has 0 saturated carbocycles. The molecule has 3 rings (SSSR count). The van der Waals surface area contributed by atoms with Gasteiger partial charge in [-0.15, -0.1) is 11.8 Å². The van der Waals surface area contributed by atoms with Crippen molar-refractivity contribution >= 4 is 23.5 Å². The van der Waals surface area contributed by atoms with Crippen LogP contribution in [-0.2, 0) is 4.74 Å². The lowest BCUT2D eigenvalue weighted by Gasteiger charge is -2.14. The van der Waals surface area contributed by atoms with Crippen LogP contribution in [-0.4, -0.2) is 38.4 Å². The van der Waals surface area contributed by atoms with Crippen molar-refractivity contribution in [3.63, 3.8) is 0 Å². The van der Waals surface area contributed by atoms with Gasteiger partial charge in [-0.05, 0) is 18.2 Å². The molecular formula is C15H15N3O4S. The van der Waals surface area contributed by atoms with Gasteiger partial charge < -0.3 is 15.2 Å². The number of aliphatic hydroxyl groups excluding tert-OH is 1. The number of hydrogen-bond acceptors (Lipinski definition) is 6. The third kappa shape index (κ3) is 3.61. The van der Waals surface area contributed by atoms with Gasteiger partial charge in [-0.2, -0.15) is 4.98 Å². The van der Waals surface area contributed by atoms with Crippen LogP contribution in [0, 0.1) is 0 Å². The molecule has 0 aliphatic carbocycles. The van der Waals surface area contributed by atoms with Crippen LogP contribution in [0.25, 0.3) is 0 Å². The van der Waals surface area contributed by atoms with Crippen molar-refractivity contribution in [2.45, 2.75) is 11.7 Å². The topological polar surface area (TPSA) is 93.5 Å². The molecule has 1 aromatic heterocycles. The minimum atomic E-state index is -0.514. The quantitative estimate of drug-likeness (QED) is 0.869. The first-order chi connectivity index (χ1) is 11.2. The third-order valence-electron chi connectivity index (χ3n) is 3.30. The van der Waals surface area contributed by atoms with E-state index in [-0.39, 0.29) is 23.8 Å². The zero-order chi connectivity index (χ0) is 16.2. The summed E-state index contributed by atoms with van der Waals surface area (Å²) >= 11 is 1.44. The SMILES string of the molecule is O=C(Nc1ccn([C@@H]2CS[C@H](CO)O2)c(=O)n1)c1ccccc1. The van der Waals surface area contributed by atoms with Crippen LogP contribution in [0.1, 0.15) is 16.6 Å². The maximum atomic E-state index is 12.1. The first-order valence-corrected chi connectivity index (χ1v) is 8.06. The zero-order valence-corrected chi connectivity index (χ0v) is 12.9. The molecule has 0 bridgehead atoms. The number of thioether (sulfide) groups is 1. The van der Waals surface area contributed by atoms with Crippen LogP contribution in [0.2, 0.25) is 0 Å². The molecule has 1 aliphatic heterocycles. The van der Waals surface area contributed by atoms with Crippen molar-refractivity contribution in [1.29, 1.82) is 0 Å². The number of carbonyl (C=O) groups is 1. The van der Waals surface area contributed by atoms with Gasteiger partial charge in [0.1, 0.15) is 17.5 Å². The minimum absolute atomic E-state index is 0.103. The van der Waals surface area contributed by atoms with Crippen molar-refractivity contribution in [2.75, 3.05) is 17.7 Å². The predicted molar refractivity (Wildman–Crippen MR) is 86.3 cm³/mol. The lowest BCUT2D eigenvalue weighted by atomic mass is 10.2. The van der Waals surface area contributed by atoms with Crippen molar-refractivity contribution in [3.05, 3.63) is 58.6 Å². The summed E-state index contributed by atoms with van der Waals surface area (Å²) < 4.78 is 6.86. The van der Waals surface area contributed by atoms with Gasteiger partial charge in [-0.25, -0.2) is 4.79 Å². The lowest BCUT2D eigenvalue weighted by molar-refractivity contribution is -0.00629. The molecule has 1 aliphatic rings. The fourth-order valence-electron chi connectivity index (χ4n) is 2.16. The van der Waals surface area contributed by atoms with Gasteiger partial charge >= 0.3 is 5.69 Å². The number of aromatic nitrogens is 2. The van der Waals surface area contributed by atoms with Crippen LogP contribution in [0.5, 0.6) is 0 Å². The van der Waals surface area contributed by atoms with Gasteiger partial charge in [0.15, 0.2) is 0 Å². The van der Waals surface area contributed by atoms with Gasteiger partial charge in [0, 0.05) is 17.5 Å². The van der Waals surface area contributed by atoms with E-state index in [1.165, 1.54) is 22.5 Å². The highest BCUT2D eigenvalue weighted by Crippen LogP contribution is 2.30. The number of hydrogen-bond donors (Lipinski definition) is 2. The largest absolute Gasteiger partial charge is 0.393 e. The van der Waals surface area contributed by atoms with Gasteiger partial charge in [0.2, 0.25) is 0 Å². The van der Waals surface area contributed by atoms with Crippen molar-refractivity contribution < 1.29 is 14.6 Å². The Morgan fingerprint density at radius 1 is 1.39 bits per heavy atom. The van der Waals surface area contributed by atoms with Crippen molar-refractivity contribution in [3.8, 4) is 0 Å². The van der Waals surface area contributed by atoms with E-state index in [9.17, 15) is 9.59 Å². The first-order valence-electron chi connectivity index (χ1n) is 7.01. The molecule has 7 nitrogen and oxygen atoms in total. The average molecular weight is 333 g/mol. The monoisotopic (exact) mass is 333 g/mol. The van der Waals surface area contributed by atoms with E-state index in [4.69, 9.17) is 9.84 Å². The molecule has 120 valence electrons. The molecule has 2 heterocycles. The lowest BCUT2D eigenvalue weighted by Crippen LogP contribution is -2.29. The highest BCUT2D eigenvalue weighted by atomic mass is 32.2. The van der Waals surface area contributed by atoms with Gasteiger partial charge in [0.05, 0.1) is 6.61 Å². The Labute approximate surface area is 136 Å². The molecule has 2 atom stereocenters. The molecule has 0 radical (unpaired) electrons. The summed E-state index contributed by atoms with van der Waals surface area (Å²) in [4.78, 5) is 28.0. The standard InChI is InChI=1S/C15H15N3O4S/c19-8-13-22-12(9-23-13)18-7-6-11(17-15(18)21)16-14(20)10-4-2-1-3-5-10/h1-7,12-13,19H,8-9H2,(H,16,17,20,21)/t12-,13+/m0/s1. The van der Waals surface area contributed by atoms with Crippen LogP contribution in [0.4, 0.5) is 5.82 Å². The number of anilines is 1. The fourth-order valence-corrected chi connectivity index (χ4v) is 3.10. The van der Waals surface area contributed by atoms with E-state index in [0.717, 1.165) is 0 Å². The molecule has 1 fully saturated rings. The van der Waals surface area contributed by atoms with Crippen LogP contribution >= 0.6 is 11.8 Å². The van der Waals surface area contributed by atoms with Gasteiger partial charge in [0.25, 0.3) is 5.91 Å². The molecule has 8 heteroatoms. The van der Waals surface area contributed by atoms with Crippen molar-refractivity contribution in [2.24, 2.45) is 0 Å². The summed E-state index contributed by atoms with van der Waals surface area (Å²) in [6.07, 6.45) is 1.07. The highest BCUT2D eigenvalue weighted by molar-refractivity contribution is 8.00. The molecule has 0 unspecified atom stereocenters. The van der Waals surface area contributed by atoms with Crippen LogP contribution < -0.4 is 11.0 Å². The van der Waals surface area contributed by atoms with Crippen LogP contribution in [0.3, 0.4) is 0 Å². The number of benzene rings is 1. The summed E-state index contributed by atoms with van der Waals surface area (Å²) in [5.41, 5.74) is -0.357. The minimum Gasteiger partial charge on any atom is -0.393 e. The van der Waals surface area contributed by atoms with E-state index in [2.05, 4.69) is 10.3 Å². The number of nitrogens with one attached hydrogen (secondary N) is 1. The summed E-state index contributed by atoms with van der Waals surface area (Å²) in [6, 6.07) is 10.2. The van der Waals surface area contributed by atoms with E-state index in [1.807, 2.05) is 6.07 Å². The second kappa shape index (κ2) is 6.95. The summed E-state index contributed by atoms with van der Waals surface area (Å²) in [5, 5.41) is 11.6.